The van der Waals surface area contributed by atoms with Gasteiger partial charge in [0.2, 0.25) is 11.8 Å². The molecule has 0 spiro atoms. The highest BCUT2D eigenvalue weighted by Gasteiger charge is 2.64. The van der Waals surface area contributed by atoms with Crippen molar-refractivity contribution in [2.45, 2.75) is 84.5 Å². The van der Waals surface area contributed by atoms with Crippen LogP contribution >= 0.6 is 11.6 Å². The number of anilines is 1. The molecule has 4 amide bonds. The number of carbonyl (C=O) groups excluding carboxylic acids is 4. The molecule has 3 fully saturated rings. The molecule has 3 N–H and O–H groups in total. The van der Waals surface area contributed by atoms with Crippen molar-refractivity contribution >= 4 is 51.8 Å². The van der Waals surface area contributed by atoms with E-state index in [0.29, 0.717) is 47.2 Å². The van der Waals surface area contributed by atoms with Gasteiger partial charge in [0.25, 0.3) is 11.8 Å². The summed E-state index contributed by atoms with van der Waals surface area (Å²) in [4.78, 5) is 60.5. The average molecular weight is 834 g/mol. The van der Waals surface area contributed by atoms with E-state index < -0.39 is 11.9 Å². The van der Waals surface area contributed by atoms with Crippen LogP contribution in [0.5, 0.6) is 11.5 Å². The highest BCUT2D eigenvalue weighted by Crippen LogP contribution is 2.55. The highest BCUT2D eigenvalue weighted by molar-refractivity contribution is 6.31. The predicted molar refractivity (Wildman–Crippen MR) is 228 cm³/mol. The van der Waals surface area contributed by atoms with Gasteiger partial charge >= 0.3 is 0 Å². The Balaban J connectivity index is 0.739. The maximum absolute atomic E-state index is 13.3. The zero-order chi connectivity index (χ0) is 42.3. The first-order valence-corrected chi connectivity index (χ1v) is 21.3. The van der Waals surface area contributed by atoms with Gasteiger partial charge in [0.15, 0.2) is 0 Å². The number of ether oxygens (including phenoxy) is 2. The number of H-pyrrole nitrogens is 1. The number of nitriles is 1. The quantitative estimate of drug-likeness (QED) is 0.102. The standard InChI is InChI=1S/C46H52ClN7O6/c1-45(2)43(46(3,4)44(45)60-32-14-10-29(26-48)35(47)25-32)51-40(56)28-8-12-31(13-9-28)59-23-7-5-6-18-52-19-21-53(22-20-52)30-11-15-36-33(24-30)34-27-54(42(58)39(34)49-36)37-16-17-38(55)50-41(37)57/h8-15,24-25,37,43-44,49H,5-7,16-23,27H2,1-4H3,(H,51,56)(H,50,55,57)/t37?,43-,44-. The van der Waals surface area contributed by atoms with Gasteiger partial charge in [-0.1, -0.05) is 39.3 Å². The molecule has 1 aliphatic carbocycles. The molecule has 1 unspecified atom stereocenters. The van der Waals surface area contributed by atoms with Gasteiger partial charge in [-0.05, 0) is 86.8 Å². The fourth-order valence-electron chi connectivity index (χ4n) is 9.94. The van der Waals surface area contributed by atoms with Crippen molar-refractivity contribution < 1.29 is 28.7 Å². The third-order valence-electron chi connectivity index (χ3n) is 13.0. The lowest BCUT2D eigenvalue weighted by Crippen LogP contribution is -2.74. The van der Waals surface area contributed by atoms with E-state index in [1.807, 2.05) is 18.2 Å². The molecule has 1 aromatic heterocycles. The number of aromatic nitrogens is 1. The van der Waals surface area contributed by atoms with E-state index in [0.717, 1.165) is 79.9 Å². The van der Waals surface area contributed by atoms with Crippen LogP contribution in [0.15, 0.2) is 60.7 Å². The molecule has 4 aliphatic rings. The number of nitrogens with one attached hydrogen (secondary N) is 3. The third kappa shape index (κ3) is 7.90. The number of fused-ring (bicyclic) bond motifs is 3. The minimum absolute atomic E-state index is 0.130. The van der Waals surface area contributed by atoms with Crippen LogP contribution in [0.25, 0.3) is 10.9 Å². The lowest BCUT2D eigenvalue weighted by Gasteiger charge is -2.63. The Bertz CT molecular complexity index is 2340. The van der Waals surface area contributed by atoms with Crippen molar-refractivity contribution in [3.8, 4) is 17.6 Å². The number of piperazine rings is 1. The summed E-state index contributed by atoms with van der Waals surface area (Å²) in [5.74, 6) is 0.308. The van der Waals surface area contributed by atoms with E-state index in [9.17, 15) is 24.4 Å². The number of piperidine rings is 1. The van der Waals surface area contributed by atoms with Crippen LogP contribution in [0.4, 0.5) is 5.69 Å². The fraction of sp³-hybridized carbons (Fsp3) is 0.457. The van der Waals surface area contributed by atoms with Crippen LogP contribution in [0, 0.1) is 22.2 Å². The van der Waals surface area contributed by atoms with E-state index >= 15 is 0 Å². The summed E-state index contributed by atoms with van der Waals surface area (Å²) in [6.45, 7) is 14.1. The number of hydrogen-bond donors (Lipinski definition) is 3. The van der Waals surface area contributed by atoms with Crippen LogP contribution in [-0.2, 0) is 16.1 Å². The molecule has 1 saturated carbocycles. The highest BCUT2D eigenvalue weighted by atomic mass is 35.5. The Morgan fingerprint density at radius 2 is 1.67 bits per heavy atom. The molecule has 314 valence electrons. The molecule has 14 heteroatoms. The first-order valence-electron chi connectivity index (χ1n) is 20.9. The number of hydrogen-bond acceptors (Lipinski definition) is 9. The summed E-state index contributed by atoms with van der Waals surface area (Å²) in [6, 6.07) is 20.0. The number of nitrogens with zero attached hydrogens (tertiary/aromatic N) is 4. The zero-order valence-electron chi connectivity index (χ0n) is 34.6. The minimum Gasteiger partial charge on any atom is -0.494 e. The summed E-state index contributed by atoms with van der Waals surface area (Å²) in [5.41, 5.74) is 3.75. The molecular formula is C46H52ClN7O6. The van der Waals surface area contributed by atoms with Crippen LogP contribution < -0.4 is 25.0 Å². The van der Waals surface area contributed by atoms with Gasteiger partial charge in [-0.15, -0.1) is 0 Å². The fourth-order valence-corrected chi connectivity index (χ4v) is 10.2. The summed E-state index contributed by atoms with van der Waals surface area (Å²) in [5, 5.41) is 16.2. The van der Waals surface area contributed by atoms with Crippen molar-refractivity contribution in [1.29, 1.82) is 5.26 Å². The molecule has 13 nitrogen and oxygen atoms in total. The lowest BCUT2D eigenvalue weighted by atomic mass is 9.49. The molecule has 3 aromatic carbocycles. The molecule has 8 rings (SSSR count). The van der Waals surface area contributed by atoms with Gasteiger partial charge in [-0.25, -0.2) is 0 Å². The number of halogens is 1. The molecule has 0 bridgehead atoms. The summed E-state index contributed by atoms with van der Waals surface area (Å²) < 4.78 is 12.4. The first kappa shape index (κ1) is 41.2. The van der Waals surface area contributed by atoms with Gasteiger partial charge in [0.1, 0.15) is 35.4 Å². The molecule has 4 heterocycles. The first-order chi connectivity index (χ1) is 28.7. The number of benzene rings is 3. The lowest BCUT2D eigenvalue weighted by molar-refractivity contribution is -0.164. The van der Waals surface area contributed by atoms with Crippen molar-refractivity contribution in [2.24, 2.45) is 10.8 Å². The van der Waals surface area contributed by atoms with Gasteiger partial charge in [0, 0.05) is 89.8 Å². The second-order valence-electron chi connectivity index (χ2n) is 17.7. The predicted octanol–water partition coefficient (Wildman–Crippen LogP) is 6.44. The zero-order valence-corrected chi connectivity index (χ0v) is 35.4. The molecule has 3 aliphatic heterocycles. The maximum atomic E-state index is 13.3. The van der Waals surface area contributed by atoms with Crippen LogP contribution in [0.2, 0.25) is 5.02 Å². The van der Waals surface area contributed by atoms with Crippen molar-refractivity contribution in [3.05, 3.63) is 88.1 Å². The Morgan fingerprint density at radius 1 is 0.933 bits per heavy atom. The monoisotopic (exact) mass is 833 g/mol. The molecule has 4 aromatic rings. The average Bonchev–Trinajstić information content (AvgIpc) is 3.75. The SMILES string of the molecule is CC1(C)[C@H](NC(=O)c2ccc(OCCCCCN3CCN(c4ccc5[nH]c6c(c5c4)CN(C4CCC(=O)NC4=O)C6=O)CC3)cc2)C(C)(C)[C@H]1Oc1ccc(C#N)c(Cl)c1. The van der Waals surface area contributed by atoms with Crippen LogP contribution in [-0.4, -0.2) is 95.9 Å². The number of aromatic amines is 1. The molecule has 1 atom stereocenters. The van der Waals surface area contributed by atoms with E-state index in [1.54, 1.807) is 35.2 Å². The van der Waals surface area contributed by atoms with Crippen molar-refractivity contribution in [2.75, 3.05) is 44.2 Å². The normalized spacial score (nSPS) is 22.2. The molecule has 2 saturated heterocycles. The number of imide groups is 1. The Kier molecular flexibility index (Phi) is 11.3. The molecule has 0 radical (unpaired) electrons. The number of rotatable bonds is 13. The topological polar surface area (TPSA) is 160 Å². The van der Waals surface area contributed by atoms with Crippen LogP contribution in [0.3, 0.4) is 0 Å². The van der Waals surface area contributed by atoms with E-state index in [1.165, 1.54) is 0 Å². The largest absolute Gasteiger partial charge is 0.494 e. The summed E-state index contributed by atoms with van der Waals surface area (Å²) in [7, 11) is 0. The molecular weight excluding hydrogens is 782 g/mol. The Hall–Kier alpha value is -5.58. The van der Waals surface area contributed by atoms with Gasteiger partial charge in [-0.3, -0.25) is 29.4 Å². The second kappa shape index (κ2) is 16.5. The molecule has 60 heavy (non-hydrogen) atoms. The van der Waals surface area contributed by atoms with Crippen LogP contribution in [0.1, 0.15) is 91.8 Å². The van der Waals surface area contributed by atoms with Crippen molar-refractivity contribution in [1.82, 2.24) is 25.4 Å². The summed E-state index contributed by atoms with van der Waals surface area (Å²) >= 11 is 6.24. The van der Waals surface area contributed by atoms with Gasteiger partial charge in [0.05, 0.1) is 17.2 Å². The van der Waals surface area contributed by atoms with E-state index in [-0.39, 0.29) is 47.1 Å². The number of unbranched alkanes of at least 4 members (excludes halogenated alkanes) is 2. The van der Waals surface area contributed by atoms with E-state index in [4.69, 9.17) is 21.1 Å². The van der Waals surface area contributed by atoms with Crippen molar-refractivity contribution in [3.63, 3.8) is 0 Å². The minimum atomic E-state index is -0.630. The smallest absolute Gasteiger partial charge is 0.271 e. The Morgan fingerprint density at radius 3 is 2.37 bits per heavy atom. The van der Waals surface area contributed by atoms with Gasteiger partial charge < -0.3 is 29.6 Å². The number of amides is 4. The summed E-state index contributed by atoms with van der Waals surface area (Å²) in [6.07, 6.45) is 3.48. The maximum Gasteiger partial charge on any atom is 0.271 e. The number of carbonyl (C=O) groups is 4. The van der Waals surface area contributed by atoms with Gasteiger partial charge in [-0.2, -0.15) is 5.26 Å². The van der Waals surface area contributed by atoms with E-state index in [2.05, 4.69) is 71.3 Å². The third-order valence-corrected chi connectivity index (χ3v) is 13.3. The Labute approximate surface area is 355 Å². The second-order valence-corrected chi connectivity index (χ2v) is 18.1.